The van der Waals surface area contributed by atoms with Crippen molar-refractivity contribution in [2.45, 2.75) is 44.9 Å². The fraction of sp³-hybridized carbons (Fsp3) is 0.727. The number of nitrogens with zero attached hydrogens (tertiary/aromatic N) is 1. The van der Waals surface area contributed by atoms with Crippen molar-refractivity contribution in [3.8, 4) is 0 Å². The molecule has 1 aliphatic rings. The van der Waals surface area contributed by atoms with Gasteiger partial charge in [-0.3, -0.25) is 0 Å². The van der Waals surface area contributed by atoms with Crippen LogP contribution in [0.2, 0.25) is 0 Å². The second-order valence-corrected chi connectivity index (χ2v) is 5.08. The van der Waals surface area contributed by atoms with Gasteiger partial charge in [0.15, 0.2) is 0 Å². The molecule has 2 rings (SSSR count). The minimum absolute atomic E-state index is 0.264. The highest BCUT2D eigenvalue weighted by molar-refractivity contribution is 7.09. The lowest BCUT2D eigenvalue weighted by molar-refractivity contribution is 0.118. The Kier molecular flexibility index (Phi) is 3.72. The highest BCUT2D eigenvalue weighted by Crippen LogP contribution is 2.20. The molecule has 1 aromatic heterocycles. The van der Waals surface area contributed by atoms with Crippen molar-refractivity contribution in [2.24, 2.45) is 0 Å². The summed E-state index contributed by atoms with van der Waals surface area (Å²) in [4.78, 5) is 4.57. The molecule has 1 heterocycles. The van der Waals surface area contributed by atoms with Crippen LogP contribution in [0.15, 0.2) is 5.38 Å². The zero-order valence-corrected chi connectivity index (χ0v) is 10.1. The van der Waals surface area contributed by atoms with Crippen molar-refractivity contribution < 1.29 is 4.74 Å². The Bertz CT molecular complexity index is 309. The minimum Gasteiger partial charge on any atom is -0.381 e. The Morgan fingerprint density at radius 3 is 3.13 bits per heavy atom. The summed E-state index contributed by atoms with van der Waals surface area (Å²) in [7, 11) is 1.74. The van der Waals surface area contributed by atoms with Crippen molar-refractivity contribution in [3.63, 3.8) is 0 Å². The van der Waals surface area contributed by atoms with E-state index in [1.807, 2.05) is 0 Å². The molecule has 1 atom stereocenters. The van der Waals surface area contributed by atoms with Crippen LogP contribution in [0.1, 0.15) is 30.5 Å². The maximum Gasteiger partial charge on any atom is 0.0954 e. The van der Waals surface area contributed by atoms with Crippen LogP contribution in [0.4, 0.5) is 0 Å². The molecular weight excluding hydrogens is 208 g/mol. The Morgan fingerprint density at radius 1 is 1.67 bits per heavy atom. The molecule has 1 aromatic rings. The topological polar surface area (TPSA) is 34.1 Å². The van der Waals surface area contributed by atoms with Crippen molar-refractivity contribution in [2.75, 3.05) is 7.11 Å². The molecule has 84 valence electrons. The van der Waals surface area contributed by atoms with Crippen molar-refractivity contribution >= 4 is 11.3 Å². The first-order chi connectivity index (χ1) is 7.28. The summed E-state index contributed by atoms with van der Waals surface area (Å²) in [6.07, 6.45) is 3.85. The van der Waals surface area contributed by atoms with Gasteiger partial charge in [0, 0.05) is 31.5 Å². The monoisotopic (exact) mass is 226 g/mol. The molecular formula is C11H18N2OS. The van der Waals surface area contributed by atoms with E-state index in [0.717, 1.165) is 19.0 Å². The average molecular weight is 226 g/mol. The Morgan fingerprint density at radius 2 is 2.47 bits per heavy atom. The highest BCUT2D eigenvalue weighted by Gasteiger charge is 2.20. The normalized spacial score (nSPS) is 18.0. The summed E-state index contributed by atoms with van der Waals surface area (Å²) in [5.74, 6) is 0. The van der Waals surface area contributed by atoms with Crippen LogP contribution < -0.4 is 5.32 Å². The van der Waals surface area contributed by atoms with Gasteiger partial charge in [-0.2, -0.15) is 0 Å². The second kappa shape index (κ2) is 5.05. The van der Waals surface area contributed by atoms with E-state index in [9.17, 15) is 0 Å². The summed E-state index contributed by atoms with van der Waals surface area (Å²) in [6, 6.07) is 0.757. The fourth-order valence-electron chi connectivity index (χ4n) is 1.39. The third kappa shape index (κ3) is 3.55. The van der Waals surface area contributed by atoms with Gasteiger partial charge in [-0.15, -0.1) is 11.3 Å². The van der Waals surface area contributed by atoms with Crippen LogP contribution in [0, 0.1) is 0 Å². The molecule has 0 spiro atoms. The number of ether oxygens (including phenoxy) is 1. The summed E-state index contributed by atoms with van der Waals surface area (Å²) >= 11 is 1.73. The van der Waals surface area contributed by atoms with Gasteiger partial charge in [-0.05, 0) is 19.8 Å². The van der Waals surface area contributed by atoms with Gasteiger partial charge in [0.2, 0.25) is 0 Å². The van der Waals surface area contributed by atoms with E-state index < -0.39 is 0 Å². The average Bonchev–Trinajstić information content (AvgIpc) is 2.97. The molecule has 3 nitrogen and oxygen atoms in total. The lowest BCUT2D eigenvalue weighted by atomic mass is 10.3. The van der Waals surface area contributed by atoms with Gasteiger partial charge in [0.05, 0.1) is 16.8 Å². The van der Waals surface area contributed by atoms with Gasteiger partial charge >= 0.3 is 0 Å². The number of thiazole rings is 1. The molecule has 0 saturated heterocycles. The first kappa shape index (κ1) is 11.0. The third-order valence-electron chi connectivity index (χ3n) is 2.61. The number of nitrogens with one attached hydrogen (secondary N) is 1. The summed E-state index contributed by atoms with van der Waals surface area (Å²) in [5.41, 5.74) is 1.17. The maximum absolute atomic E-state index is 5.22. The molecule has 1 N–H and O–H groups in total. The molecule has 1 unspecified atom stereocenters. The molecule has 0 aliphatic heterocycles. The standard InChI is InChI=1S/C11H18N2OS/c1-8(14-2)5-11-13-10(7-15-11)6-12-9-3-4-9/h7-9,12H,3-6H2,1-2H3. The first-order valence-electron chi connectivity index (χ1n) is 5.47. The molecule has 1 aliphatic carbocycles. The van der Waals surface area contributed by atoms with Crippen LogP contribution in [0.25, 0.3) is 0 Å². The quantitative estimate of drug-likeness (QED) is 0.805. The number of aromatic nitrogens is 1. The third-order valence-corrected chi connectivity index (χ3v) is 3.53. The van der Waals surface area contributed by atoms with Crippen LogP contribution in [-0.2, 0) is 17.7 Å². The lowest BCUT2D eigenvalue weighted by Gasteiger charge is -2.05. The Labute approximate surface area is 94.9 Å². The predicted octanol–water partition coefficient (Wildman–Crippen LogP) is 1.97. The SMILES string of the molecule is COC(C)Cc1nc(CNC2CC2)cs1. The van der Waals surface area contributed by atoms with Gasteiger partial charge in [0.25, 0.3) is 0 Å². The number of rotatable bonds is 6. The van der Waals surface area contributed by atoms with E-state index in [1.165, 1.54) is 23.5 Å². The summed E-state index contributed by atoms with van der Waals surface area (Å²) in [5, 5.41) is 6.79. The first-order valence-corrected chi connectivity index (χ1v) is 6.35. The van der Waals surface area contributed by atoms with Crippen molar-refractivity contribution in [1.82, 2.24) is 10.3 Å². The van der Waals surface area contributed by atoms with Crippen molar-refractivity contribution in [1.29, 1.82) is 0 Å². The van der Waals surface area contributed by atoms with E-state index in [-0.39, 0.29) is 6.10 Å². The lowest BCUT2D eigenvalue weighted by Crippen LogP contribution is -2.15. The highest BCUT2D eigenvalue weighted by atomic mass is 32.1. The molecule has 15 heavy (non-hydrogen) atoms. The van der Waals surface area contributed by atoms with Gasteiger partial charge in [-0.25, -0.2) is 4.98 Å². The zero-order valence-electron chi connectivity index (χ0n) is 9.32. The minimum atomic E-state index is 0.264. The van der Waals surface area contributed by atoms with Gasteiger partial charge in [-0.1, -0.05) is 0 Å². The van der Waals surface area contributed by atoms with Crippen LogP contribution in [0.3, 0.4) is 0 Å². The number of hydrogen-bond acceptors (Lipinski definition) is 4. The smallest absolute Gasteiger partial charge is 0.0954 e. The number of hydrogen-bond donors (Lipinski definition) is 1. The Balaban J connectivity index is 1.79. The van der Waals surface area contributed by atoms with E-state index in [0.29, 0.717) is 0 Å². The number of methoxy groups -OCH3 is 1. The second-order valence-electron chi connectivity index (χ2n) is 4.14. The Hall–Kier alpha value is -0.450. The molecule has 0 bridgehead atoms. The molecule has 0 radical (unpaired) electrons. The molecule has 1 saturated carbocycles. The predicted molar refractivity (Wildman–Crippen MR) is 62.2 cm³/mol. The van der Waals surface area contributed by atoms with Crippen LogP contribution in [-0.4, -0.2) is 24.2 Å². The van der Waals surface area contributed by atoms with Crippen molar-refractivity contribution in [3.05, 3.63) is 16.1 Å². The molecule has 0 amide bonds. The fourth-order valence-corrected chi connectivity index (χ4v) is 2.30. The summed E-state index contributed by atoms with van der Waals surface area (Å²) in [6.45, 7) is 2.99. The van der Waals surface area contributed by atoms with Crippen LogP contribution in [0.5, 0.6) is 0 Å². The van der Waals surface area contributed by atoms with E-state index >= 15 is 0 Å². The van der Waals surface area contributed by atoms with E-state index in [4.69, 9.17) is 4.74 Å². The van der Waals surface area contributed by atoms with Gasteiger partial charge in [0.1, 0.15) is 0 Å². The van der Waals surface area contributed by atoms with Gasteiger partial charge < -0.3 is 10.1 Å². The molecule has 4 heteroatoms. The van der Waals surface area contributed by atoms with E-state index in [2.05, 4.69) is 22.6 Å². The molecule has 0 aromatic carbocycles. The van der Waals surface area contributed by atoms with E-state index in [1.54, 1.807) is 18.4 Å². The largest absolute Gasteiger partial charge is 0.381 e. The summed E-state index contributed by atoms with van der Waals surface area (Å²) < 4.78 is 5.22. The molecule has 1 fully saturated rings. The van der Waals surface area contributed by atoms with Crippen LogP contribution >= 0.6 is 11.3 Å². The zero-order chi connectivity index (χ0) is 10.7. The maximum atomic E-state index is 5.22.